The van der Waals surface area contributed by atoms with Crippen LogP contribution in [0.2, 0.25) is 0 Å². The Hall–Kier alpha value is -1.27. The van der Waals surface area contributed by atoms with Crippen molar-refractivity contribution in [2.24, 2.45) is 0 Å². The number of benzene rings is 2. The normalized spacial score (nSPS) is 13.0. The van der Waals surface area contributed by atoms with Gasteiger partial charge in [0.1, 0.15) is 11.6 Å². The maximum atomic E-state index is 13.1. The van der Waals surface area contributed by atoms with Crippen LogP contribution in [-0.4, -0.2) is 18.5 Å². The molecule has 0 aliphatic carbocycles. The molecule has 3 nitrogen and oxygen atoms in total. The second kappa shape index (κ2) is 6.32. The van der Waals surface area contributed by atoms with Crippen molar-refractivity contribution in [3.05, 3.63) is 55.2 Å². The van der Waals surface area contributed by atoms with Crippen LogP contribution in [0, 0.1) is 18.8 Å². The molecule has 0 N–H and O–H groups in total. The van der Waals surface area contributed by atoms with E-state index in [1.165, 1.54) is 31.4 Å². The fraction of sp³-hybridized carbons (Fsp3) is 0.0769. The molecular formula is C13H6F5IO3S. The molecule has 124 valence electrons. The zero-order valence-corrected chi connectivity index (χ0v) is 13.8. The number of alkyl halides is 3. The van der Waals surface area contributed by atoms with E-state index < -0.39 is 15.6 Å². The molecule has 0 aromatic heterocycles. The lowest BCUT2D eigenvalue weighted by Crippen LogP contribution is -3.61. The highest BCUT2D eigenvalue weighted by Gasteiger charge is 2.37. The van der Waals surface area contributed by atoms with Gasteiger partial charge in [0, 0.05) is 11.1 Å². The van der Waals surface area contributed by atoms with Crippen LogP contribution in [-0.2, 0) is 10.1 Å². The van der Waals surface area contributed by atoms with Gasteiger partial charge in [0.25, 0.3) is 0 Å². The number of rotatable bonds is 0. The van der Waals surface area contributed by atoms with Crippen LogP contribution in [0.3, 0.4) is 0 Å². The van der Waals surface area contributed by atoms with Gasteiger partial charge < -0.3 is 4.55 Å². The van der Waals surface area contributed by atoms with Crippen LogP contribution in [0.1, 0.15) is 0 Å². The Morgan fingerprint density at radius 2 is 1.22 bits per heavy atom. The van der Waals surface area contributed by atoms with E-state index in [1.807, 2.05) is 12.1 Å². The second-order valence-electron chi connectivity index (χ2n) is 4.24. The van der Waals surface area contributed by atoms with Gasteiger partial charge in [0.05, 0.1) is 0 Å². The molecular weight excluding hydrogens is 458 g/mol. The Kier molecular flexibility index (Phi) is 4.97. The van der Waals surface area contributed by atoms with Gasteiger partial charge in [-0.15, -0.1) is 0 Å². The highest BCUT2D eigenvalue weighted by Crippen LogP contribution is 2.24. The summed E-state index contributed by atoms with van der Waals surface area (Å²) in [4.78, 5) is 0. The third-order valence-electron chi connectivity index (χ3n) is 2.63. The first kappa shape index (κ1) is 18.1. The molecule has 0 radical (unpaired) electrons. The minimum atomic E-state index is -6.09. The summed E-state index contributed by atoms with van der Waals surface area (Å²) in [5.74, 6) is -0.510. The molecule has 0 amide bonds. The SMILES string of the molecule is Fc1ccc2c(c1)-c1cc(F)ccc1[I+]2.O=S(=O)([O-])C(F)(F)F. The van der Waals surface area contributed by atoms with E-state index >= 15 is 0 Å². The standard InChI is InChI=1S/C12H6F2I.CHF3O3S/c13-7-1-3-11-9(5-7)10-6-8(14)2-4-12(10)15-11;2-1(3,4)8(5,6)7/h1-6H;(H,5,6,7)/q+1;/p-1. The molecule has 0 atom stereocenters. The minimum Gasteiger partial charge on any atom is -0.741 e. The van der Waals surface area contributed by atoms with Crippen LogP contribution < -0.4 is 21.2 Å². The maximum absolute atomic E-state index is 13.1. The first-order valence-electron chi connectivity index (χ1n) is 5.75. The van der Waals surface area contributed by atoms with Gasteiger partial charge in [0.15, 0.2) is 10.1 Å². The highest BCUT2D eigenvalue weighted by molar-refractivity contribution is 7.86. The van der Waals surface area contributed by atoms with Crippen LogP contribution in [0.4, 0.5) is 22.0 Å². The molecule has 0 saturated heterocycles. The summed E-state index contributed by atoms with van der Waals surface area (Å²) in [6.45, 7) is 0. The van der Waals surface area contributed by atoms with Crippen LogP contribution in [0.15, 0.2) is 36.4 Å². The first-order chi connectivity index (χ1) is 10.5. The van der Waals surface area contributed by atoms with E-state index in [-0.39, 0.29) is 32.8 Å². The Labute approximate surface area is 138 Å². The quantitative estimate of drug-likeness (QED) is 0.206. The summed E-state index contributed by atoms with van der Waals surface area (Å²) in [5.41, 5.74) is -3.90. The number of halogens is 6. The lowest BCUT2D eigenvalue weighted by Gasteiger charge is -2.08. The summed E-state index contributed by atoms with van der Waals surface area (Å²) in [6.07, 6.45) is 0. The molecule has 0 unspecified atom stereocenters. The van der Waals surface area contributed by atoms with Gasteiger partial charge >= 0.3 is 26.7 Å². The van der Waals surface area contributed by atoms with E-state index in [2.05, 4.69) is 0 Å². The molecule has 0 bridgehead atoms. The summed E-state index contributed by atoms with van der Waals surface area (Å²) >= 11 is -0.256. The van der Waals surface area contributed by atoms with Crippen LogP contribution >= 0.6 is 0 Å². The first-order valence-corrected chi connectivity index (χ1v) is 9.32. The number of fused-ring (bicyclic) bond motifs is 3. The molecule has 0 spiro atoms. The van der Waals surface area contributed by atoms with Crippen molar-refractivity contribution in [1.29, 1.82) is 0 Å². The molecule has 10 heteroatoms. The second-order valence-corrected chi connectivity index (χ2v) is 8.48. The van der Waals surface area contributed by atoms with Crippen molar-refractivity contribution in [3.8, 4) is 11.1 Å². The van der Waals surface area contributed by atoms with Gasteiger partial charge in [-0.1, -0.05) is 0 Å². The predicted molar refractivity (Wildman–Crippen MR) is 64.9 cm³/mol. The van der Waals surface area contributed by atoms with Crippen molar-refractivity contribution in [2.75, 3.05) is 0 Å². The van der Waals surface area contributed by atoms with Crippen molar-refractivity contribution >= 4 is 10.1 Å². The molecule has 3 rings (SSSR count). The van der Waals surface area contributed by atoms with Crippen molar-refractivity contribution in [1.82, 2.24) is 0 Å². The van der Waals surface area contributed by atoms with Gasteiger partial charge in [-0.2, -0.15) is 13.2 Å². The molecule has 2 aromatic rings. The fourth-order valence-corrected chi connectivity index (χ4v) is 4.50. The number of hydrogen-bond acceptors (Lipinski definition) is 3. The van der Waals surface area contributed by atoms with Gasteiger partial charge in [0.2, 0.25) is 7.14 Å². The Bertz CT molecular complexity index is 800. The Morgan fingerprint density at radius 3 is 1.52 bits per heavy atom. The molecule has 1 aliphatic heterocycles. The van der Waals surface area contributed by atoms with E-state index in [9.17, 15) is 22.0 Å². The third-order valence-corrected chi connectivity index (χ3v) is 6.24. The lowest BCUT2D eigenvalue weighted by atomic mass is 10.1. The number of hydrogen-bond donors (Lipinski definition) is 0. The zero-order valence-electron chi connectivity index (χ0n) is 10.9. The van der Waals surface area contributed by atoms with Gasteiger partial charge in [-0.05, 0) is 36.4 Å². The monoisotopic (exact) mass is 464 g/mol. The van der Waals surface area contributed by atoms with E-state index in [4.69, 9.17) is 13.0 Å². The molecule has 0 fully saturated rings. The van der Waals surface area contributed by atoms with Crippen LogP contribution in [0.25, 0.3) is 11.1 Å². The summed E-state index contributed by atoms with van der Waals surface area (Å²) < 4.78 is 87.4. The predicted octanol–water partition coefficient (Wildman–Crippen LogP) is 0.125. The molecule has 1 heterocycles. The Morgan fingerprint density at radius 1 is 0.870 bits per heavy atom. The zero-order chi connectivity index (χ0) is 17.4. The van der Waals surface area contributed by atoms with Gasteiger partial charge in [-0.25, -0.2) is 17.2 Å². The van der Waals surface area contributed by atoms with E-state index in [0.29, 0.717) is 0 Å². The maximum Gasteiger partial charge on any atom is 0.485 e. The largest absolute Gasteiger partial charge is 0.741 e. The Balaban J connectivity index is 0.000000207. The summed E-state index contributed by atoms with van der Waals surface area (Å²) in [7, 11) is -6.09. The fourth-order valence-electron chi connectivity index (χ4n) is 1.68. The highest BCUT2D eigenvalue weighted by atomic mass is 127. The average Bonchev–Trinajstić information content (AvgIpc) is 2.75. The van der Waals surface area contributed by atoms with Gasteiger partial charge in [-0.3, -0.25) is 0 Å². The van der Waals surface area contributed by atoms with Crippen molar-refractivity contribution < 1.29 is 56.1 Å². The average molecular weight is 464 g/mol. The molecule has 0 saturated carbocycles. The van der Waals surface area contributed by atoms with E-state index in [0.717, 1.165) is 11.1 Å². The van der Waals surface area contributed by atoms with Crippen LogP contribution in [0.5, 0.6) is 0 Å². The molecule has 2 aromatic carbocycles. The third kappa shape index (κ3) is 4.18. The smallest absolute Gasteiger partial charge is 0.485 e. The van der Waals surface area contributed by atoms with Crippen molar-refractivity contribution in [3.63, 3.8) is 0 Å². The topological polar surface area (TPSA) is 57.2 Å². The minimum absolute atomic E-state index is 0.255. The lowest BCUT2D eigenvalue weighted by molar-refractivity contribution is -0.589. The molecule has 1 aliphatic rings. The van der Waals surface area contributed by atoms with Crippen molar-refractivity contribution in [2.45, 2.75) is 5.51 Å². The summed E-state index contributed by atoms with van der Waals surface area (Å²) in [5, 5.41) is 0. The summed E-state index contributed by atoms with van der Waals surface area (Å²) in [6, 6.07) is 9.58. The van der Waals surface area contributed by atoms with E-state index in [1.54, 1.807) is 0 Å². The molecule has 23 heavy (non-hydrogen) atoms.